The first-order valence-electron chi connectivity index (χ1n) is 6.37. The van der Waals surface area contributed by atoms with Gasteiger partial charge < -0.3 is 10.1 Å². The molecule has 0 aromatic rings. The minimum atomic E-state index is -0.329. The number of Topliss-reactive ketones (excluding diaryl/α,β-unsaturated/α-hetero) is 1. The molecule has 0 amide bonds. The van der Waals surface area contributed by atoms with Crippen LogP contribution in [0.25, 0.3) is 0 Å². The number of carbonyl (C=O) groups is 1. The predicted molar refractivity (Wildman–Crippen MR) is 71.5 cm³/mol. The van der Waals surface area contributed by atoms with Crippen LogP contribution in [-0.2, 0) is 9.53 Å². The van der Waals surface area contributed by atoms with E-state index in [1.807, 2.05) is 25.6 Å². The smallest absolute Gasteiger partial charge is 0.156 e. The largest absolute Gasteiger partial charge is 0.369 e. The quantitative estimate of drug-likeness (QED) is 0.819. The van der Waals surface area contributed by atoms with Crippen molar-refractivity contribution in [1.82, 2.24) is 5.32 Å². The molecule has 2 aliphatic heterocycles. The maximum Gasteiger partial charge on any atom is 0.156 e. The second-order valence-electron chi connectivity index (χ2n) is 6.21. The Morgan fingerprint density at radius 1 is 1.35 bits per heavy atom. The van der Waals surface area contributed by atoms with Gasteiger partial charge in [0, 0.05) is 18.1 Å². The van der Waals surface area contributed by atoms with Gasteiger partial charge in [0.2, 0.25) is 0 Å². The first-order valence-corrected chi connectivity index (χ1v) is 7.52. The molecule has 0 radical (unpaired) electrons. The van der Waals surface area contributed by atoms with Gasteiger partial charge in [-0.3, -0.25) is 4.79 Å². The molecule has 0 saturated carbocycles. The first-order chi connectivity index (χ1) is 7.82. The molecular weight excluding hydrogens is 234 g/mol. The highest BCUT2D eigenvalue weighted by Gasteiger charge is 2.50. The van der Waals surface area contributed by atoms with Crippen molar-refractivity contribution in [3.63, 3.8) is 0 Å². The fraction of sp³-hybridized carbons (Fsp3) is 0.923. The normalized spacial score (nSPS) is 35.8. The number of hydrogen-bond donors (Lipinski definition) is 1. The average molecular weight is 257 g/mol. The zero-order valence-corrected chi connectivity index (χ0v) is 12.0. The number of carbonyl (C=O) groups excluding carboxylic acids is 1. The summed E-state index contributed by atoms with van der Waals surface area (Å²) < 4.78 is 6.01. The molecule has 3 nitrogen and oxygen atoms in total. The molecule has 17 heavy (non-hydrogen) atoms. The van der Waals surface area contributed by atoms with Gasteiger partial charge in [0.1, 0.15) is 0 Å². The van der Waals surface area contributed by atoms with Crippen LogP contribution in [0.15, 0.2) is 0 Å². The molecule has 0 aliphatic carbocycles. The van der Waals surface area contributed by atoms with Crippen molar-refractivity contribution in [3.8, 4) is 0 Å². The molecule has 0 bridgehead atoms. The third-order valence-corrected chi connectivity index (χ3v) is 4.74. The molecule has 0 aromatic carbocycles. The van der Waals surface area contributed by atoms with E-state index >= 15 is 0 Å². The van der Waals surface area contributed by atoms with E-state index in [4.69, 9.17) is 4.74 Å². The molecule has 2 atom stereocenters. The second-order valence-corrected chi connectivity index (χ2v) is 7.36. The molecule has 0 spiro atoms. The zero-order valence-electron chi connectivity index (χ0n) is 11.2. The Kier molecular flexibility index (Phi) is 3.59. The Bertz CT molecular complexity index is 309. The van der Waals surface area contributed by atoms with E-state index in [9.17, 15) is 4.79 Å². The number of nitrogens with one attached hydrogen (secondary N) is 1. The lowest BCUT2D eigenvalue weighted by Crippen LogP contribution is -2.49. The Morgan fingerprint density at radius 2 is 2.06 bits per heavy atom. The maximum atomic E-state index is 12.5. The zero-order chi connectivity index (χ0) is 12.7. The SMILES string of the molecule is CC1(C)CC(C(=O)C2CSCCN2)C(C)(C)O1. The van der Waals surface area contributed by atoms with Gasteiger partial charge >= 0.3 is 0 Å². The van der Waals surface area contributed by atoms with Crippen LogP contribution in [0, 0.1) is 5.92 Å². The summed E-state index contributed by atoms with van der Waals surface area (Å²) in [7, 11) is 0. The molecule has 98 valence electrons. The van der Waals surface area contributed by atoms with Crippen LogP contribution >= 0.6 is 11.8 Å². The number of thioether (sulfide) groups is 1. The topological polar surface area (TPSA) is 38.3 Å². The minimum absolute atomic E-state index is 0.0219. The van der Waals surface area contributed by atoms with E-state index in [0.29, 0.717) is 5.78 Å². The number of ketones is 1. The number of hydrogen-bond acceptors (Lipinski definition) is 4. The minimum Gasteiger partial charge on any atom is -0.369 e. The average Bonchev–Trinajstić information content (AvgIpc) is 2.47. The van der Waals surface area contributed by atoms with Crippen molar-refractivity contribution in [2.45, 2.75) is 51.4 Å². The summed E-state index contributed by atoms with van der Waals surface area (Å²) >= 11 is 1.87. The van der Waals surface area contributed by atoms with Crippen molar-refractivity contribution in [2.75, 3.05) is 18.1 Å². The van der Waals surface area contributed by atoms with Crippen molar-refractivity contribution < 1.29 is 9.53 Å². The Balaban J connectivity index is 2.08. The summed E-state index contributed by atoms with van der Waals surface area (Å²) in [5, 5.41) is 3.33. The highest BCUT2D eigenvalue weighted by Crippen LogP contribution is 2.43. The molecule has 2 aliphatic rings. The summed E-state index contributed by atoms with van der Waals surface area (Å²) in [5.41, 5.74) is -0.504. The lowest BCUT2D eigenvalue weighted by atomic mass is 9.82. The third-order valence-electron chi connectivity index (χ3n) is 3.68. The van der Waals surface area contributed by atoms with E-state index < -0.39 is 0 Å². The Morgan fingerprint density at radius 3 is 2.53 bits per heavy atom. The van der Waals surface area contributed by atoms with Crippen LogP contribution in [0.1, 0.15) is 34.1 Å². The van der Waals surface area contributed by atoms with E-state index in [1.54, 1.807) is 0 Å². The summed E-state index contributed by atoms with van der Waals surface area (Å²) in [6, 6.07) is 0.0236. The van der Waals surface area contributed by atoms with Crippen LogP contribution < -0.4 is 5.32 Å². The van der Waals surface area contributed by atoms with Gasteiger partial charge in [-0.1, -0.05) is 0 Å². The lowest BCUT2D eigenvalue weighted by Gasteiger charge is -2.30. The Labute approximate surface area is 108 Å². The Hall–Kier alpha value is -0.0600. The number of rotatable bonds is 2. The van der Waals surface area contributed by atoms with Gasteiger partial charge in [0.15, 0.2) is 5.78 Å². The second kappa shape index (κ2) is 4.56. The van der Waals surface area contributed by atoms with Crippen molar-refractivity contribution in [2.24, 2.45) is 5.92 Å². The maximum absolute atomic E-state index is 12.5. The van der Waals surface area contributed by atoms with Gasteiger partial charge in [0.25, 0.3) is 0 Å². The standard InChI is InChI=1S/C13H23NO2S/c1-12(2)7-9(13(3,4)16-12)11(15)10-8-17-6-5-14-10/h9-10,14H,5-8H2,1-4H3. The molecule has 2 fully saturated rings. The summed E-state index contributed by atoms with van der Waals surface area (Å²) in [6.07, 6.45) is 0.835. The predicted octanol–water partition coefficient (Wildman–Crippen LogP) is 1.85. The molecule has 2 rings (SSSR count). The molecular formula is C13H23NO2S. The van der Waals surface area contributed by atoms with E-state index in [1.165, 1.54) is 0 Å². The monoisotopic (exact) mass is 257 g/mol. The summed E-state index contributed by atoms with van der Waals surface area (Å²) in [5.74, 6) is 2.38. The van der Waals surface area contributed by atoms with Crippen LogP contribution in [0.4, 0.5) is 0 Å². The molecule has 2 heterocycles. The van der Waals surface area contributed by atoms with E-state index in [2.05, 4.69) is 19.2 Å². The highest BCUT2D eigenvalue weighted by atomic mass is 32.2. The fourth-order valence-electron chi connectivity index (χ4n) is 3.00. The summed E-state index contributed by atoms with van der Waals surface area (Å²) in [6.45, 7) is 9.18. The molecule has 1 N–H and O–H groups in total. The van der Waals surface area contributed by atoms with Crippen molar-refractivity contribution in [3.05, 3.63) is 0 Å². The van der Waals surface area contributed by atoms with Gasteiger partial charge in [-0.15, -0.1) is 0 Å². The van der Waals surface area contributed by atoms with Gasteiger partial charge in [0.05, 0.1) is 23.2 Å². The van der Waals surface area contributed by atoms with Crippen molar-refractivity contribution in [1.29, 1.82) is 0 Å². The molecule has 4 heteroatoms. The van der Waals surface area contributed by atoms with Gasteiger partial charge in [-0.05, 0) is 34.1 Å². The van der Waals surface area contributed by atoms with Crippen LogP contribution in [0.5, 0.6) is 0 Å². The van der Waals surface area contributed by atoms with E-state index in [-0.39, 0.29) is 23.2 Å². The molecule has 2 saturated heterocycles. The molecule has 0 aromatic heterocycles. The number of ether oxygens (including phenoxy) is 1. The summed E-state index contributed by atoms with van der Waals surface area (Å²) in [4.78, 5) is 12.5. The van der Waals surface area contributed by atoms with Crippen LogP contribution in [-0.4, -0.2) is 41.1 Å². The van der Waals surface area contributed by atoms with Crippen LogP contribution in [0.2, 0.25) is 0 Å². The van der Waals surface area contributed by atoms with Crippen LogP contribution in [0.3, 0.4) is 0 Å². The highest BCUT2D eigenvalue weighted by molar-refractivity contribution is 7.99. The lowest BCUT2D eigenvalue weighted by molar-refractivity contribution is -0.131. The first kappa shape index (κ1) is 13.4. The third kappa shape index (κ3) is 2.85. The molecule has 2 unspecified atom stereocenters. The van der Waals surface area contributed by atoms with E-state index in [0.717, 1.165) is 24.5 Å². The van der Waals surface area contributed by atoms with Gasteiger partial charge in [-0.2, -0.15) is 11.8 Å². The fourth-order valence-corrected chi connectivity index (χ4v) is 3.94. The van der Waals surface area contributed by atoms with Gasteiger partial charge in [-0.25, -0.2) is 0 Å². The van der Waals surface area contributed by atoms with Crippen molar-refractivity contribution >= 4 is 17.5 Å².